The summed E-state index contributed by atoms with van der Waals surface area (Å²) in [6.07, 6.45) is 2.00. The molecule has 3 rings (SSSR count). The second kappa shape index (κ2) is 4.97. The normalized spacial score (nSPS) is 10.8. The smallest absolute Gasteiger partial charge is 0.335 e. The van der Waals surface area contributed by atoms with E-state index in [4.69, 9.17) is 5.11 Å². The number of carboxylic acids is 1. The average Bonchev–Trinajstić information content (AvgIpc) is 2.90. The molecule has 0 spiro atoms. The van der Waals surface area contributed by atoms with Crippen LogP contribution in [-0.4, -0.2) is 32.3 Å². The lowest BCUT2D eigenvalue weighted by molar-refractivity contribution is 0.0697. The van der Waals surface area contributed by atoms with Gasteiger partial charge in [-0.2, -0.15) is 0 Å². The second-order valence-electron chi connectivity index (χ2n) is 4.21. The van der Waals surface area contributed by atoms with Crippen molar-refractivity contribution in [3.8, 4) is 5.69 Å². The van der Waals surface area contributed by atoms with Gasteiger partial charge in [-0.1, -0.05) is 11.3 Å². The first-order chi connectivity index (χ1) is 9.69. The van der Waals surface area contributed by atoms with Crippen molar-refractivity contribution >= 4 is 28.8 Å². The summed E-state index contributed by atoms with van der Waals surface area (Å²) in [6, 6.07) is 12.6. The highest BCUT2D eigenvalue weighted by Gasteiger charge is 2.10. The summed E-state index contributed by atoms with van der Waals surface area (Å²) in [7, 11) is 0. The van der Waals surface area contributed by atoms with Crippen LogP contribution in [0.15, 0.2) is 47.4 Å². The van der Waals surface area contributed by atoms with Crippen LogP contribution in [0.3, 0.4) is 0 Å². The summed E-state index contributed by atoms with van der Waals surface area (Å²) in [6.45, 7) is 0. The van der Waals surface area contributed by atoms with Crippen LogP contribution in [0, 0.1) is 0 Å². The van der Waals surface area contributed by atoms with E-state index in [0.717, 1.165) is 10.6 Å². The summed E-state index contributed by atoms with van der Waals surface area (Å²) < 4.78 is 1.65. The average molecular weight is 285 g/mol. The molecule has 0 aliphatic carbocycles. The monoisotopic (exact) mass is 285 g/mol. The first-order valence-electron chi connectivity index (χ1n) is 5.92. The van der Waals surface area contributed by atoms with Crippen molar-refractivity contribution in [2.45, 2.75) is 4.90 Å². The van der Waals surface area contributed by atoms with Gasteiger partial charge in [-0.25, -0.2) is 9.48 Å². The van der Waals surface area contributed by atoms with Gasteiger partial charge >= 0.3 is 5.97 Å². The van der Waals surface area contributed by atoms with E-state index in [2.05, 4.69) is 10.3 Å². The van der Waals surface area contributed by atoms with Gasteiger partial charge in [0.05, 0.1) is 16.8 Å². The zero-order valence-electron chi connectivity index (χ0n) is 10.6. The summed E-state index contributed by atoms with van der Waals surface area (Å²) in [5.74, 6) is -0.961. The number of aromatic carboxylic acids is 1. The zero-order chi connectivity index (χ0) is 14.1. The Morgan fingerprint density at radius 3 is 2.85 bits per heavy atom. The van der Waals surface area contributed by atoms with Gasteiger partial charge in [-0.05, 0) is 42.7 Å². The molecule has 20 heavy (non-hydrogen) atoms. The molecule has 0 unspecified atom stereocenters. The molecule has 0 atom stereocenters. The number of thioether (sulfide) groups is 1. The molecule has 5 nitrogen and oxygen atoms in total. The van der Waals surface area contributed by atoms with Gasteiger partial charge in [0.1, 0.15) is 5.52 Å². The van der Waals surface area contributed by atoms with Crippen LogP contribution in [0.2, 0.25) is 0 Å². The molecule has 1 aromatic heterocycles. The number of hydrogen-bond donors (Lipinski definition) is 1. The Kier molecular flexibility index (Phi) is 3.15. The molecular formula is C14H11N3O2S. The van der Waals surface area contributed by atoms with Gasteiger partial charge in [-0.15, -0.1) is 16.9 Å². The van der Waals surface area contributed by atoms with Crippen molar-refractivity contribution < 1.29 is 9.90 Å². The molecule has 3 aromatic rings. The van der Waals surface area contributed by atoms with E-state index in [0.29, 0.717) is 11.0 Å². The van der Waals surface area contributed by atoms with Crippen molar-refractivity contribution in [1.29, 1.82) is 0 Å². The van der Waals surface area contributed by atoms with Crippen LogP contribution >= 0.6 is 11.8 Å². The molecule has 100 valence electrons. The van der Waals surface area contributed by atoms with E-state index < -0.39 is 5.97 Å². The number of benzene rings is 2. The lowest BCUT2D eigenvalue weighted by Gasteiger charge is -2.04. The molecule has 0 saturated heterocycles. The van der Waals surface area contributed by atoms with E-state index >= 15 is 0 Å². The van der Waals surface area contributed by atoms with Crippen LogP contribution < -0.4 is 0 Å². The van der Waals surface area contributed by atoms with Crippen molar-refractivity contribution in [3.05, 3.63) is 48.0 Å². The first-order valence-corrected chi connectivity index (χ1v) is 7.15. The van der Waals surface area contributed by atoms with Crippen LogP contribution in [0.4, 0.5) is 0 Å². The maximum Gasteiger partial charge on any atom is 0.335 e. The SMILES string of the molecule is CSc1cccc(-n2nnc3ccc(C(=O)O)cc32)c1. The Labute approximate surface area is 119 Å². The molecule has 1 N–H and O–H groups in total. The summed E-state index contributed by atoms with van der Waals surface area (Å²) in [5, 5.41) is 17.2. The third-order valence-corrected chi connectivity index (χ3v) is 3.72. The van der Waals surface area contributed by atoms with Crippen LogP contribution in [-0.2, 0) is 0 Å². The van der Waals surface area contributed by atoms with Gasteiger partial charge in [0, 0.05) is 4.90 Å². The van der Waals surface area contributed by atoms with Gasteiger partial charge in [-0.3, -0.25) is 0 Å². The molecule has 0 fully saturated rings. The molecule has 0 bridgehead atoms. The molecule has 2 aromatic carbocycles. The van der Waals surface area contributed by atoms with Gasteiger partial charge < -0.3 is 5.11 Å². The third-order valence-electron chi connectivity index (χ3n) is 2.99. The minimum atomic E-state index is -0.961. The summed E-state index contributed by atoms with van der Waals surface area (Å²) >= 11 is 1.64. The predicted molar refractivity (Wildman–Crippen MR) is 77.6 cm³/mol. The van der Waals surface area contributed by atoms with Gasteiger partial charge in [0.15, 0.2) is 0 Å². The minimum Gasteiger partial charge on any atom is -0.478 e. The van der Waals surface area contributed by atoms with E-state index in [1.54, 1.807) is 28.6 Å². The lowest BCUT2D eigenvalue weighted by Crippen LogP contribution is -1.99. The van der Waals surface area contributed by atoms with E-state index in [-0.39, 0.29) is 5.56 Å². The molecule has 0 saturated carbocycles. The van der Waals surface area contributed by atoms with Crippen LogP contribution in [0.1, 0.15) is 10.4 Å². The number of carboxylic acid groups (broad SMARTS) is 1. The Balaban J connectivity index is 2.20. The molecule has 0 aliphatic rings. The second-order valence-corrected chi connectivity index (χ2v) is 5.09. The predicted octanol–water partition coefficient (Wildman–Crippen LogP) is 2.84. The number of carbonyl (C=O) groups is 1. The van der Waals surface area contributed by atoms with Crippen molar-refractivity contribution in [2.24, 2.45) is 0 Å². The maximum atomic E-state index is 11.1. The number of aromatic nitrogens is 3. The number of rotatable bonds is 3. The Hall–Kier alpha value is -2.34. The summed E-state index contributed by atoms with van der Waals surface area (Å²) in [5.41, 5.74) is 2.44. The fourth-order valence-corrected chi connectivity index (χ4v) is 2.44. The quantitative estimate of drug-likeness (QED) is 0.749. The van der Waals surface area contributed by atoms with Gasteiger partial charge in [0.25, 0.3) is 0 Å². The van der Waals surface area contributed by atoms with Gasteiger partial charge in [0.2, 0.25) is 0 Å². The minimum absolute atomic E-state index is 0.224. The Morgan fingerprint density at radius 1 is 1.25 bits per heavy atom. The largest absolute Gasteiger partial charge is 0.478 e. The Morgan fingerprint density at radius 2 is 2.10 bits per heavy atom. The molecule has 0 aliphatic heterocycles. The highest BCUT2D eigenvalue weighted by Crippen LogP contribution is 2.22. The summed E-state index contributed by atoms with van der Waals surface area (Å²) in [4.78, 5) is 12.2. The van der Waals surface area contributed by atoms with E-state index in [1.165, 1.54) is 6.07 Å². The fourth-order valence-electron chi connectivity index (χ4n) is 1.98. The standard InChI is InChI=1S/C14H11N3O2S/c1-20-11-4-2-3-10(8-11)17-13-7-9(14(18)19)5-6-12(13)15-16-17/h2-8H,1H3,(H,18,19). The third kappa shape index (κ3) is 2.14. The van der Waals surface area contributed by atoms with E-state index in [9.17, 15) is 4.79 Å². The van der Waals surface area contributed by atoms with Crippen LogP contribution in [0.5, 0.6) is 0 Å². The topological polar surface area (TPSA) is 68.0 Å². The molecule has 6 heteroatoms. The Bertz CT molecular complexity index is 798. The highest BCUT2D eigenvalue weighted by atomic mass is 32.2. The van der Waals surface area contributed by atoms with E-state index in [1.807, 2.05) is 30.5 Å². The molecule has 0 amide bonds. The molecular weight excluding hydrogens is 274 g/mol. The maximum absolute atomic E-state index is 11.1. The zero-order valence-corrected chi connectivity index (χ0v) is 11.5. The molecule has 1 heterocycles. The number of fused-ring (bicyclic) bond motifs is 1. The molecule has 0 radical (unpaired) electrons. The fraction of sp³-hybridized carbons (Fsp3) is 0.0714. The highest BCUT2D eigenvalue weighted by molar-refractivity contribution is 7.98. The number of hydrogen-bond acceptors (Lipinski definition) is 4. The number of nitrogens with zero attached hydrogens (tertiary/aromatic N) is 3. The van der Waals surface area contributed by atoms with Crippen molar-refractivity contribution in [3.63, 3.8) is 0 Å². The lowest BCUT2D eigenvalue weighted by atomic mass is 10.2. The van der Waals surface area contributed by atoms with Crippen molar-refractivity contribution in [1.82, 2.24) is 15.0 Å². The van der Waals surface area contributed by atoms with Crippen LogP contribution in [0.25, 0.3) is 16.7 Å². The van der Waals surface area contributed by atoms with Crippen molar-refractivity contribution in [2.75, 3.05) is 6.26 Å². The first kappa shape index (κ1) is 12.7.